The van der Waals surface area contributed by atoms with Crippen LogP contribution >= 0.6 is 11.8 Å². The van der Waals surface area contributed by atoms with Gasteiger partial charge in [-0.2, -0.15) is 0 Å². The zero-order valence-electron chi connectivity index (χ0n) is 19.2. The molecule has 3 aromatic rings. The molecule has 2 saturated heterocycles. The van der Waals surface area contributed by atoms with Crippen molar-refractivity contribution in [3.8, 4) is 11.5 Å². The highest BCUT2D eigenvalue weighted by molar-refractivity contribution is 7.99. The second-order valence-electron chi connectivity index (χ2n) is 9.65. The van der Waals surface area contributed by atoms with Crippen LogP contribution in [0, 0.1) is 12.8 Å². The molecule has 1 spiro atoms. The van der Waals surface area contributed by atoms with Crippen LogP contribution in [-0.4, -0.2) is 41.1 Å². The summed E-state index contributed by atoms with van der Waals surface area (Å²) in [6.45, 7) is 2.18. The van der Waals surface area contributed by atoms with Crippen LogP contribution in [0.15, 0.2) is 66.7 Å². The van der Waals surface area contributed by atoms with Crippen LogP contribution in [0.25, 0.3) is 0 Å². The lowest BCUT2D eigenvalue weighted by atomic mass is 9.69. The SMILES string of the molecule is Cc1ccc2c(c1)[C@]1(C(=O)N2)[C@H](C(=O)c2ccc3c(c2)OCO3)[C@H](c2ccccc2)[C@H]2CSCN21. The Hall–Kier alpha value is -3.29. The third-order valence-corrected chi connectivity index (χ3v) is 8.94. The van der Waals surface area contributed by atoms with E-state index in [1.165, 1.54) is 0 Å². The number of amides is 1. The average Bonchev–Trinajstić information content (AvgIpc) is 3.63. The number of anilines is 1. The number of rotatable bonds is 3. The van der Waals surface area contributed by atoms with E-state index in [0.717, 1.165) is 28.1 Å². The highest BCUT2D eigenvalue weighted by atomic mass is 32.2. The normalized spacial score (nSPS) is 28.3. The molecule has 4 heterocycles. The number of aryl methyl sites for hydroxylation is 1. The third-order valence-electron chi connectivity index (χ3n) is 7.90. The topological polar surface area (TPSA) is 67.9 Å². The van der Waals surface area contributed by atoms with Crippen LogP contribution in [0.4, 0.5) is 5.69 Å². The molecule has 35 heavy (non-hydrogen) atoms. The Bertz CT molecular complexity index is 1380. The monoisotopic (exact) mass is 484 g/mol. The van der Waals surface area contributed by atoms with E-state index < -0.39 is 11.5 Å². The maximum absolute atomic E-state index is 14.6. The molecule has 1 amide bonds. The molecule has 1 N–H and O–H groups in total. The minimum Gasteiger partial charge on any atom is -0.454 e. The van der Waals surface area contributed by atoms with Crippen molar-refractivity contribution in [2.75, 3.05) is 23.7 Å². The first-order valence-corrected chi connectivity index (χ1v) is 13.0. The summed E-state index contributed by atoms with van der Waals surface area (Å²) in [5, 5.41) is 3.13. The Kier molecular flexibility index (Phi) is 4.57. The van der Waals surface area contributed by atoms with Gasteiger partial charge in [0.15, 0.2) is 17.3 Å². The van der Waals surface area contributed by atoms with Gasteiger partial charge < -0.3 is 14.8 Å². The molecule has 0 saturated carbocycles. The van der Waals surface area contributed by atoms with Gasteiger partial charge in [0.25, 0.3) is 0 Å². The standard InChI is InChI=1S/C28H24N2O4S/c1-16-7-9-20-19(11-16)28(27(32)29-20)25(26(31)18-8-10-22-23(12-18)34-15-33-22)24(17-5-3-2-4-6-17)21-13-35-14-30(21)28/h2-12,21,24-25H,13-15H2,1H3,(H,29,32)/t21-,24-,25+,28-/m1/s1. The van der Waals surface area contributed by atoms with Crippen LogP contribution in [0.3, 0.4) is 0 Å². The van der Waals surface area contributed by atoms with Crippen LogP contribution < -0.4 is 14.8 Å². The summed E-state index contributed by atoms with van der Waals surface area (Å²) >= 11 is 1.83. The van der Waals surface area contributed by atoms with Gasteiger partial charge in [-0.15, -0.1) is 11.8 Å². The fraction of sp³-hybridized carbons (Fsp3) is 0.286. The first kappa shape index (κ1) is 21.0. The molecule has 4 atom stereocenters. The zero-order valence-corrected chi connectivity index (χ0v) is 20.0. The summed E-state index contributed by atoms with van der Waals surface area (Å²) in [4.78, 5) is 30.9. The molecule has 0 radical (unpaired) electrons. The highest BCUT2D eigenvalue weighted by Crippen LogP contribution is 2.61. The summed E-state index contributed by atoms with van der Waals surface area (Å²) in [5.74, 6) is 1.94. The summed E-state index contributed by atoms with van der Waals surface area (Å²) in [5.41, 5.74) is 3.35. The van der Waals surface area contributed by atoms with E-state index >= 15 is 0 Å². The first-order chi connectivity index (χ1) is 17.1. The molecular formula is C28H24N2O4S. The molecule has 4 aliphatic rings. The van der Waals surface area contributed by atoms with Gasteiger partial charge in [0.05, 0.1) is 5.92 Å². The second-order valence-corrected chi connectivity index (χ2v) is 10.7. The Morgan fingerprint density at radius 1 is 1.06 bits per heavy atom. The molecule has 7 rings (SSSR count). The minimum atomic E-state index is -1.07. The maximum atomic E-state index is 14.6. The highest BCUT2D eigenvalue weighted by Gasteiger charge is 2.69. The van der Waals surface area contributed by atoms with E-state index in [4.69, 9.17) is 9.47 Å². The first-order valence-electron chi connectivity index (χ1n) is 11.8. The molecule has 6 nitrogen and oxygen atoms in total. The van der Waals surface area contributed by atoms with Gasteiger partial charge in [-0.1, -0.05) is 48.0 Å². The smallest absolute Gasteiger partial charge is 0.250 e. The van der Waals surface area contributed by atoms with Gasteiger partial charge in [0.1, 0.15) is 5.54 Å². The number of hydrogen-bond acceptors (Lipinski definition) is 6. The quantitative estimate of drug-likeness (QED) is 0.551. The van der Waals surface area contributed by atoms with E-state index in [-0.39, 0.29) is 30.4 Å². The van der Waals surface area contributed by atoms with Crippen LogP contribution in [0.2, 0.25) is 0 Å². The molecule has 2 fully saturated rings. The number of carbonyl (C=O) groups excluding carboxylic acids is 2. The second kappa shape index (κ2) is 7.60. The lowest BCUT2D eigenvalue weighted by Crippen LogP contribution is -2.52. The van der Waals surface area contributed by atoms with Crippen molar-refractivity contribution in [2.45, 2.75) is 24.4 Å². The molecule has 7 heteroatoms. The van der Waals surface area contributed by atoms with Crippen molar-refractivity contribution in [3.63, 3.8) is 0 Å². The van der Waals surface area contributed by atoms with E-state index in [9.17, 15) is 9.59 Å². The molecule has 3 aromatic carbocycles. The summed E-state index contributed by atoms with van der Waals surface area (Å²) in [6, 6.07) is 21.7. The number of fused-ring (bicyclic) bond motifs is 5. The van der Waals surface area contributed by atoms with Gasteiger partial charge in [-0.05, 0) is 36.8 Å². The molecule has 0 unspecified atom stereocenters. The number of benzene rings is 3. The number of nitrogens with one attached hydrogen (secondary N) is 1. The van der Waals surface area contributed by atoms with E-state index in [2.05, 4.69) is 28.4 Å². The fourth-order valence-corrected chi connectivity index (χ4v) is 7.79. The summed E-state index contributed by atoms with van der Waals surface area (Å²) < 4.78 is 11.1. The van der Waals surface area contributed by atoms with Crippen molar-refractivity contribution in [1.82, 2.24) is 4.90 Å². The number of carbonyl (C=O) groups is 2. The third kappa shape index (κ3) is 2.82. The summed E-state index contributed by atoms with van der Waals surface area (Å²) in [6.07, 6.45) is 0. The Morgan fingerprint density at radius 2 is 1.89 bits per heavy atom. The summed E-state index contributed by atoms with van der Waals surface area (Å²) in [7, 11) is 0. The average molecular weight is 485 g/mol. The van der Waals surface area contributed by atoms with E-state index in [1.807, 2.05) is 49.0 Å². The number of hydrogen-bond donors (Lipinski definition) is 1. The van der Waals surface area contributed by atoms with Crippen LogP contribution in [0.5, 0.6) is 11.5 Å². The Balaban J connectivity index is 1.47. The van der Waals surface area contributed by atoms with Crippen molar-refractivity contribution < 1.29 is 19.1 Å². The predicted molar refractivity (Wildman–Crippen MR) is 134 cm³/mol. The number of ether oxygens (including phenoxy) is 2. The Labute approximate surface area is 207 Å². The van der Waals surface area contributed by atoms with Gasteiger partial charge in [-0.25, -0.2) is 0 Å². The number of ketones is 1. The lowest BCUT2D eigenvalue weighted by molar-refractivity contribution is -0.127. The molecule has 4 aliphatic heterocycles. The van der Waals surface area contributed by atoms with Gasteiger partial charge >= 0.3 is 0 Å². The minimum absolute atomic E-state index is 0.0407. The van der Waals surface area contributed by atoms with Gasteiger partial charge in [0.2, 0.25) is 12.7 Å². The molecule has 0 aliphatic carbocycles. The van der Waals surface area contributed by atoms with E-state index in [0.29, 0.717) is 22.9 Å². The number of Topliss-reactive ketones (excluding diaryl/α,β-unsaturated/α-hetero) is 1. The Morgan fingerprint density at radius 3 is 2.74 bits per heavy atom. The van der Waals surface area contributed by atoms with Crippen molar-refractivity contribution in [2.24, 2.45) is 5.92 Å². The van der Waals surface area contributed by atoms with Crippen molar-refractivity contribution in [3.05, 3.63) is 89.0 Å². The van der Waals surface area contributed by atoms with Crippen molar-refractivity contribution >= 4 is 29.1 Å². The largest absolute Gasteiger partial charge is 0.454 e. The molecule has 0 bridgehead atoms. The van der Waals surface area contributed by atoms with Gasteiger partial charge in [0, 0.05) is 40.4 Å². The molecule has 176 valence electrons. The predicted octanol–water partition coefficient (Wildman–Crippen LogP) is 4.54. The van der Waals surface area contributed by atoms with Crippen molar-refractivity contribution in [1.29, 1.82) is 0 Å². The van der Waals surface area contributed by atoms with E-state index in [1.54, 1.807) is 18.2 Å². The molecule has 0 aromatic heterocycles. The van der Waals surface area contributed by atoms with Gasteiger partial charge in [-0.3, -0.25) is 14.5 Å². The van der Waals surface area contributed by atoms with Crippen LogP contribution in [0.1, 0.15) is 33.0 Å². The zero-order chi connectivity index (χ0) is 23.7. The number of thioether (sulfide) groups is 1. The van der Waals surface area contributed by atoms with Crippen LogP contribution in [-0.2, 0) is 10.3 Å². The molecular weight excluding hydrogens is 460 g/mol. The fourth-order valence-electron chi connectivity index (χ4n) is 6.47. The lowest BCUT2D eigenvalue weighted by Gasteiger charge is -2.36. The maximum Gasteiger partial charge on any atom is 0.250 e. The number of nitrogens with zero attached hydrogens (tertiary/aromatic N) is 1.